The molecule has 0 aliphatic rings. The van der Waals surface area contributed by atoms with E-state index in [2.05, 4.69) is 20.8 Å². The highest BCUT2D eigenvalue weighted by Crippen LogP contribution is 2.37. The first kappa shape index (κ1) is 27.3. The number of ether oxygens (including phenoxy) is 2. The number of methoxy groups -OCH3 is 1. The van der Waals surface area contributed by atoms with E-state index in [4.69, 9.17) is 37.8 Å². The Morgan fingerprint density at radius 1 is 1.21 bits per heavy atom. The average Bonchev–Trinajstić information content (AvgIpc) is 3.19. The molecule has 180 valence electrons. The molecule has 0 saturated carbocycles. The Kier molecular flexibility index (Phi) is 11.9. The fraction of sp³-hybridized carbons (Fsp3) is 0.444. The largest absolute Gasteiger partial charge is 0.481 e. The molecule has 1 atom stereocenters. The van der Waals surface area contributed by atoms with E-state index < -0.39 is 29.5 Å². The molecule has 33 heavy (non-hydrogen) atoms. The molecule has 0 radical (unpaired) electrons. The van der Waals surface area contributed by atoms with E-state index in [9.17, 15) is 14.4 Å². The predicted molar refractivity (Wildman–Crippen MR) is 123 cm³/mol. The van der Waals surface area contributed by atoms with Crippen molar-refractivity contribution >= 4 is 63.7 Å². The van der Waals surface area contributed by atoms with Gasteiger partial charge in [-0.25, -0.2) is 4.68 Å². The van der Waals surface area contributed by atoms with Crippen LogP contribution in [0.3, 0.4) is 0 Å². The fourth-order valence-corrected chi connectivity index (χ4v) is 4.38. The van der Waals surface area contributed by atoms with Gasteiger partial charge in [-0.15, -0.1) is 5.10 Å². The number of aliphatic carboxylic acids is 1. The van der Waals surface area contributed by atoms with Crippen molar-refractivity contribution in [3.8, 4) is 0 Å². The summed E-state index contributed by atoms with van der Waals surface area (Å²) in [6.45, 7) is 0.770. The van der Waals surface area contributed by atoms with Crippen LogP contribution in [0.15, 0.2) is 28.3 Å². The van der Waals surface area contributed by atoms with Gasteiger partial charge in [-0.1, -0.05) is 41.0 Å². The van der Waals surface area contributed by atoms with Crippen LogP contribution in [0.25, 0.3) is 0 Å². The molecule has 0 bridgehead atoms. The van der Waals surface area contributed by atoms with E-state index >= 15 is 0 Å². The third-order valence-electron chi connectivity index (χ3n) is 3.87. The zero-order valence-electron chi connectivity index (χ0n) is 17.4. The molecule has 1 heterocycles. The van der Waals surface area contributed by atoms with Crippen molar-refractivity contribution in [2.24, 2.45) is 0 Å². The van der Waals surface area contributed by atoms with Gasteiger partial charge >= 0.3 is 5.97 Å². The smallest absolute Gasteiger partial charge is 0.305 e. The standard InChI is InChI=1S/C18H21Cl2N5O6S2/c1-30-5-6-31-7-8-32-18(29)21-13(9-15(27)28)14(26)10-25-17(22-23-24-25)33-16-11(19)3-2-4-12(16)20/h2-4,13H,5-10H2,1H3,(H,21,29)(H,27,28). The van der Waals surface area contributed by atoms with Crippen LogP contribution < -0.4 is 5.32 Å². The number of carbonyl (C=O) groups excluding carboxylic acids is 2. The average molecular weight is 538 g/mol. The molecule has 0 saturated heterocycles. The van der Waals surface area contributed by atoms with Crippen LogP contribution in [0.4, 0.5) is 4.79 Å². The SMILES string of the molecule is COCCOCCSC(=O)NC(CC(=O)O)C(=O)Cn1nnnc1Sc1c(Cl)cccc1Cl. The molecule has 11 nitrogen and oxygen atoms in total. The van der Waals surface area contributed by atoms with Crippen molar-refractivity contribution in [2.75, 3.05) is 32.7 Å². The zero-order valence-corrected chi connectivity index (χ0v) is 20.5. The third-order valence-corrected chi connectivity index (χ3v) is 6.59. The van der Waals surface area contributed by atoms with E-state index in [1.165, 1.54) is 4.68 Å². The maximum atomic E-state index is 12.8. The number of thioether (sulfide) groups is 1. The summed E-state index contributed by atoms with van der Waals surface area (Å²) in [5, 5.41) is 23.2. The predicted octanol–water partition coefficient (Wildman–Crippen LogP) is 2.65. The monoisotopic (exact) mass is 537 g/mol. The Morgan fingerprint density at radius 2 is 1.94 bits per heavy atom. The molecule has 2 aromatic rings. The minimum absolute atomic E-state index is 0.223. The van der Waals surface area contributed by atoms with E-state index in [-0.39, 0.29) is 11.7 Å². The first-order valence-corrected chi connectivity index (χ1v) is 12.0. The Morgan fingerprint density at radius 3 is 2.61 bits per heavy atom. The molecular weight excluding hydrogens is 517 g/mol. The van der Waals surface area contributed by atoms with Gasteiger partial charge in [-0.3, -0.25) is 14.4 Å². The van der Waals surface area contributed by atoms with Crippen LogP contribution in [0.2, 0.25) is 10.0 Å². The summed E-state index contributed by atoms with van der Waals surface area (Å²) < 4.78 is 11.3. The summed E-state index contributed by atoms with van der Waals surface area (Å²) >= 11 is 14.3. The molecule has 15 heteroatoms. The minimum atomic E-state index is -1.26. The van der Waals surface area contributed by atoms with Crippen LogP contribution in [0, 0.1) is 0 Å². The molecule has 1 aromatic carbocycles. The number of rotatable bonds is 14. The van der Waals surface area contributed by atoms with Gasteiger partial charge in [0.1, 0.15) is 12.6 Å². The van der Waals surface area contributed by atoms with Crippen LogP contribution in [-0.2, 0) is 25.6 Å². The number of nitrogens with one attached hydrogen (secondary N) is 1. The summed E-state index contributed by atoms with van der Waals surface area (Å²) in [6, 6.07) is 3.72. The lowest BCUT2D eigenvalue weighted by Gasteiger charge is -2.16. The summed E-state index contributed by atoms with van der Waals surface area (Å²) in [5.74, 6) is -1.49. The highest BCUT2D eigenvalue weighted by atomic mass is 35.5. The van der Waals surface area contributed by atoms with Crippen LogP contribution in [-0.4, -0.2) is 81.0 Å². The van der Waals surface area contributed by atoms with Crippen molar-refractivity contribution < 1.29 is 29.0 Å². The van der Waals surface area contributed by atoms with Gasteiger partial charge in [0.15, 0.2) is 5.78 Å². The van der Waals surface area contributed by atoms with Gasteiger partial charge in [0.05, 0.1) is 41.2 Å². The lowest BCUT2D eigenvalue weighted by molar-refractivity contribution is -0.139. The second kappa shape index (κ2) is 14.4. The van der Waals surface area contributed by atoms with Crippen LogP contribution in [0.1, 0.15) is 6.42 Å². The second-order valence-corrected chi connectivity index (χ2v) is 9.13. The van der Waals surface area contributed by atoms with E-state index in [1.807, 2.05) is 0 Å². The molecule has 0 fully saturated rings. The van der Waals surface area contributed by atoms with Crippen LogP contribution in [0.5, 0.6) is 0 Å². The van der Waals surface area contributed by atoms with Crippen molar-refractivity contribution in [1.82, 2.24) is 25.5 Å². The highest BCUT2D eigenvalue weighted by Gasteiger charge is 2.26. The number of aromatic nitrogens is 4. The van der Waals surface area contributed by atoms with Gasteiger partial charge in [0.2, 0.25) is 5.16 Å². The Labute approximate surface area is 207 Å². The van der Waals surface area contributed by atoms with E-state index in [0.29, 0.717) is 40.5 Å². The van der Waals surface area contributed by atoms with Gasteiger partial charge in [0, 0.05) is 12.9 Å². The highest BCUT2D eigenvalue weighted by molar-refractivity contribution is 8.13. The quantitative estimate of drug-likeness (QED) is 0.342. The lowest BCUT2D eigenvalue weighted by atomic mass is 10.1. The Hall–Kier alpha value is -1.90. The van der Waals surface area contributed by atoms with E-state index in [0.717, 1.165) is 23.5 Å². The fourth-order valence-electron chi connectivity index (χ4n) is 2.34. The summed E-state index contributed by atoms with van der Waals surface area (Å²) in [4.78, 5) is 36.6. The van der Waals surface area contributed by atoms with Gasteiger partial charge < -0.3 is 19.9 Å². The molecule has 0 aliphatic carbocycles. The van der Waals surface area contributed by atoms with Crippen LogP contribution >= 0.6 is 46.7 Å². The van der Waals surface area contributed by atoms with Crippen molar-refractivity contribution in [3.63, 3.8) is 0 Å². The number of nitrogens with zero attached hydrogens (tertiary/aromatic N) is 4. The number of halogens is 2. The summed E-state index contributed by atoms with van der Waals surface area (Å²) in [6.07, 6.45) is -0.587. The molecule has 2 rings (SSSR count). The molecule has 2 N–H and O–H groups in total. The maximum absolute atomic E-state index is 12.8. The Bertz CT molecular complexity index is 944. The van der Waals surface area contributed by atoms with E-state index in [1.54, 1.807) is 25.3 Å². The normalized spacial score (nSPS) is 11.8. The lowest BCUT2D eigenvalue weighted by Crippen LogP contribution is -2.42. The first-order chi connectivity index (χ1) is 15.8. The van der Waals surface area contributed by atoms with Gasteiger partial charge in [-0.2, -0.15) is 0 Å². The summed E-state index contributed by atoms with van der Waals surface area (Å²) in [7, 11) is 1.55. The number of carboxylic acids is 1. The topological polar surface area (TPSA) is 146 Å². The first-order valence-electron chi connectivity index (χ1n) is 9.44. The van der Waals surface area contributed by atoms with Gasteiger partial charge in [-0.05, 0) is 34.3 Å². The number of Topliss-reactive ketones (excluding diaryl/α,β-unsaturated/α-hetero) is 1. The number of benzene rings is 1. The number of ketones is 1. The molecule has 0 aliphatic heterocycles. The molecule has 1 aromatic heterocycles. The second-order valence-electron chi connectivity index (χ2n) is 6.27. The number of carboxylic acid groups (broad SMARTS) is 1. The number of hydrogen-bond donors (Lipinski definition) is 2. The summed E-state index contributed by atoms with van der Waals surface area (Å²) in [5.41, 5.74) is 0. The molecule has 0 spiro atoms. The number of hydrogen-bond acceptors (Lipinski definition) is 10. The minimum Gasteiger partial charge on any atom is -0.481 e. The maximum Gasteiger partial charge on any atom is 0.305 e. The number of tetrazole rings is 1. The van der Waals surface area contributed by atoms with Crippen molar-refractivity contribution in [2.45, 2.75) is 29.1 Å². The molecule has 1 amide bonds. The number of amides is 1. The molecular formula is C18H21Cl2N5O6S2. The zero-order chi connectivity index (χ0) is 24.2. The Balaban J connectivity index is 1.98. The van der Waals surface area contributed by atoms with Gasteiger partial charge in [0.25, 0.3) is 5.24 Å². The van der Waals surface area contributed by atoms with Crippen molar-refractivity contribution in [3.05, 3.63) is 28.2 Å². The molecule has 1 unspecified atom stereocenters. The van der Waals surface area contributed by atoms with Crippen molar-refractivity contribution in [1.29, 1.82) is 0 Å². The number of carbonyl (C=O) groups is 3. The third kappa shape index (κ3) is 9.47.